The smallest absolute Gasteiger partial charge is 0.375 e. The minimum atomic E-state index is -4.92. The van der Waals surface area contributed by atoms with Crippen molar-refractivity contribution in [3.63, 3.8) is 0 Å². The summed E-state index contributed by atoms with van der Waals surface area (Å²) >= 11 is 0. The number of piperidine rings is 1. The molecule has 2 aliphatic rings. The number of non-ortho nitro benzene ring substituents is 2. The summed E-state index contributed by atoms with van der Waals surface area (Å²) in [6, 6.07) is 25.9. The Balaban J connectivity index is 0.000000180. The van der Waals surface area contributed by atoms with E-state index in [9.17, 15) is 51.7 Å². The normalized spacial score (nSPS) is 18.4. The predicted molar refractivity (Wildman–Crippen MR) is 202 cm³/mol. The van der Waals surface area contributed by atoms with E-state index in [1.165, 1.54) is 48.8 Å². The fourth-order valence-electron chi connectivity index (χ4n) is 7.57. The Morgan fingerprint density at radius 3 is 1.64 bits per heavy atom. The van der Waals surface area contributed by atoms with Crippen molar-refractivity contribution in [2.24, 2.45) is 0 Å². The van der Waals surface area contributed by atoms with Gasteiger partial charge in [-0.15, -0.1) is 0 Å². The van der Waals surface area contributed by atoms with Crippen molar-refractivity contribution in [3.05, 3.63) is 152 Å². The van der Waals surface area contributed by atoms with Crippen LogP contribution in [0, 0.1) is 20.2 Å². The SMILES string of the molecule is O=[N+]([O-])c1ccc2c(C(O)(CN3CCCCC3)C(F)(F)F)cn(Cc3ccccc3)c2c1.O=[N+]([O-])c1ccc2c(C3(C(F)(F)F)CO3)cn(Cc3ccccc3)c2c1. The number of halogens is 6. The molecule has 6 aromatic rings. The number of nitro benzene ring substituents is 2. The van der Waals surface area contributed by atoms with Crippen LogP contribution in [-0.2, 0) is 29.0 Å². The number of aromatic nitrogens is 2. The van der Waals surface area contributed by atoms with Crippen molar-refractivity contribution in [2.45, 2.75) is 55.9 Å². The highest BCUT2D eigenvalue weighted by atomic mass is 19.4. The Kier molecular flexibility index (Phi) is 10.8. The molecule has 4 aromatic carbocycles. The fraction of sp³-hybridized carbons (Fsp3) is 0.317. The number of fused-ring (bicyclic) bond motifs is 2. The quantitative estimate of drug-likeness (QED) is 0.0632. The lowest BCUT2D eigenvalue weighted by molar-refractivity contribution is -0.384. The third-order valence-corrected chi connectivity index (χ3v) is 10.7. The Bertz CT molecular complexity index is 2440. The zero-order chi connectivity index (χ0) is 41.5. The van der Waals surface area contributed by atoms with Crippen molar-refractivity contribution in [1.29, 1.82) is 0 Å². The van der Waals surface area contributed by atoms with Gasteiger partial charge in [0.05, 0.1) is 27.5 Å². The topological polar surface area (TPSA) is 132 Å². The highest BCUT2D eigenvalue weighted by Gasteiger charge is 2.68. The first kappa shape index (κ1) is 40.4. The van der Waals surface area contributed by atoms with Gasteiger partial charge in [0.15, 0.2) is 0 Å². The van der Waals surface area contributed by atoms with Gasteiger partial charge in [0.25, 0.3) is 11.4 Å². The van der Waals surface area contributed by atoms with E-state index in [4.69, 9.17) is 4.74 Å². The van der Waals surface area contributed by atoms with Gasteiger partial charge in [-0.05, 0) is 49.2 Å². The molecule has 4 heterocycles. The molecule has 0 saturated carbocycles. The average molecular weight is 810 g/mol. The van der Waals surface area contributed by atoms with Gasteiger partial charge in [-0.1, -0.05) is 67.1 Å². The van der Waals surface area contributed by atoms with Crippen LogP contribution in [0.2, 0.25) is 0 Å². The molecule has 2 atom stereocenters. The maximum Gasteiger partial charge on any atom is 0.424 e. The second kappa shape index (κ2) is 15.5. The molecule has 17 heteroatoms. The summed E-state index contributed by atoms with van der Waals surface area (Å²) in [5, 5.41) is 34.0. The van der Waals surface area contributed by atoms with E-state index >= 15 is 0 Å². The molecule has 2 saturated heterocycles. The molecule has 2 aliphatic heterocycles. The zero-order valence-electron chi connectivity index (χ0n) is 30.7. The van der Waals surface area contributed by atoms with Crippen LogP contribution in [0.25, 0.3) is 21.8 Å². The lowest BCUT2D eigenvalue weighted by atomic mass is 9.91. The van der Waals surface area contributed by atoms with Crippen molar-refractivity contribution >= 4 is 33.2 Å². The van der Waals surface area contributed by atoms with Crippen LogP contribution in [0.15, 0.2) is 109 Å². The standard InChI is InChI=1S/C23H24F3N3O3.C18H13F3N2O3/c24-23(25,26)22(30,16-27-11-5-2-6-12-27)20-15-28(14-17-7-3-1-4-8-17)21-13-18(29(31)32)9-10-19(20)21;19-18(20,21)17(11-26-17)15-10-22(9-12-4-2-1-3-5-12)16-8-13(23(24)25)6-7-14(15)16/h1,3-4,7-10,13,15,30H,2,5-6,11-12,14,16H2;1-8,10H,9,11H2. The molecule has 11 nitrogen and oxygen atoms in total. The first-order valence-corrected chi connectivity index (χ1v) is 18.4. The number of likely N-dealkylation sites (tertiary alicyclic amines) is 1. The van der Waals surface area contributed by atoms with Crippen molar-refractivity contribution in [3.8, 4) is 0 Å². The van der Waals surface area contributed by atoms with Gasteiger partial charge in [-0.25, -0.2) is 0 Å². The van der Waals surface area contributed by atoms with Crippen LogP contribution < -0.4 is 0 Å². The Morgan fingerprint density at radius 2 is 1.17 bits per heavy atom. The van der Waals surface area contributed by atoms with Crippen molar-refractivity contribution in [2.75, 3.05) is 26.2 Å². The van der Waals surface area contributed by atoms with Crippen molar-refractivity contribution < 1.29 is 46.0 Å². The molecular formula is C41H37F6N5O6. The molecular weight excluding hydrogens is 772 g/mol. The average Bonchev–Trinajstić information content (AvgIpc) is 3.84. The van der Waals surface area contributed by atoms with Crippen LogP contribution in [0.1, 0.15) is 41.5 Å². The number of nitro groups is 2. The third-order valence-electron chi connectivity index (χ3n) is 10.7. The molecule has 8 rings (SSSR count). The minimum Gasteiger partial charge on any atom is -0.375 e. The fourth-order valence-corrected chi connectivity index (χ4v) is 7.57. The van der Waals surface area contributed by atoms with Gasteiger partial charge in [-0.3, -0.25) is 25.1 Å². The number of ether oxygens (including phenoxy) is 1. The van der Waals surface area contributed by atoms with Gasteiger partial charge in [-0.2, -0.15) is 26.3 Å². The van der Waals surface area contributed by atoms with Crippen LogP contribution >= 0.6 is 0 Å². The first-order valence-electron chi connectivity index (χ1n) is 18.4. The number of aliphatic hydroxyl groups is 1. The lowest BCUT2D eigenvalue weighted by Crippen LogP contribution is -2.52. The van der Waals surface area contributed by atoms with Gasteiger partial charge in [0.2, 0.25) is 11.2 Å². The van der Waals surface area contributed by atoms with E-state index in [1.807, 2.05) is 60.7 Å². The van der Waals surface area contributed by atoms with E-state index in [1.54, 1.807) is 14.0 Å². The number of benzene rings is 4. The molecule has 2 unspecified atom stereocenters. The van der Waals surface area contributed by atoms with E-state index < -0.39 is 46.6 Å². The zero-order valence-corrected chi connectivity index (χ0v) is 30.7. The molecule has 0 amide bonds. The van der Waals surface area contributed by atoms with E-state index in [0.717, 1.165) is 30.4 Å². The number of epoxide rings is 1. The Labute approximate surface area is 327 Å². The molecule has 0 aliphatic carbocycles. The number of rotatable bonds is 10. The summed E-state index contributed by atoms with van der Waals surface area (Å²) in [5.74, 6) is 0. The number of β-amino-alcohol motifs (C(OH)–C–C–N with tert-alkyl or cyclic N) is 1. The van der Waals surface area contributed by atoms with Gasteiger partial charge in [0.1, 0.15) is 0 Å². The second-order valence-corrected chi connectivity index (χ2v) is 14.5. The molecule has 58 heavy (non-hydrogen) atoms. The molecule has 2 aromatic heterocycles. The van der Waals surface area contributed by atoms with Gasteiger partial charge < -0.3 is 19.0 Å². The van der Waals surface area contributed by atoms with E-state index in [0.29, 0.717) is 30.5 Å². The predicted octanol–water partition coefficient (Wildman–Crippen LogP) is 9.22. The van der Waals surface area contributed by atoms with E-state index in [2.05, 4.69) is 0 Å². The Hall–Kier alpha value is -5.78. The maximum absolute atomic E-state index is 14.3. The number of hydrogen-bond donors (Lipinski definition) is 1. The monoisotopic (exact) mass is 809 g/mol. The summed E-state index contributed by atoms with van der Waals surface area (Å²) < 4.78 is 91.5. The van der Waals surface area contributed by atoms with Gasteiger partial charge >= 0.3 is 12.4 Å². The Morgan fingerprint density at radius 1 is 0.690 bits per heavy atom. The van der Waals surface area contributed by atoms with Crippen LogP contribution in [0.5, 0.6) is 0 Å². The van der Waals surface area contributed by atoms with E-state index in [-0.39, 0.29) is 39.9 Å². The third kappa shape index (κ3) is 7.88. The molecule has 304 valence electrons. The molecule has 0 radical (unpaired) electrons. The number of nitrogens with zero attached hydrogens (tertiary/aromatic N) is 5. The summed E-state index contributed by atoms with van der Waals surface area (Å²) in [6.45, 7) is 0.484. The van der Waals surface area contributed by atoms with Gasteiger partial charge in [0, 0.05) is 78.2 Å². The van der Waals surface area contributed by atoms with Crippen molar-refractivity contribution in [1.82, 2.24) is 14.0 Å². The molecule has 1 N–H and O–H groups in total. The first-order chi connectivity index (χ1) is 27.5. The maximum atomic E-state index is 14.3. The summed E-state index contributed by atoms with van der Waals surface area (Å²) in [5.41, 5.74) is -3.76. The van der Waals surface area contributed by atoms with Crippen LogP contribution in [0.4, 0.5) is 37.7 Å². The number of alkyl halides is 6. The summed E-state index contributed by atoms with van der Waals surface area (Å²) in [4.78, 5) is 22.9. The minimum absolute atomic E-state index is 0.00849. The number of hydrogen-bond acceptors (Lipinski definition) is 7. The largest absolute Gasteiger partial charge is 0.424 e. The highest BCUT2D eigenvalue weighted by Crippen LogP contribution is 2.54. The lowest BCUT2D eigenvalue weighted by Gasteiger charge is -2.37. The second-order valence-electron chi connectivity index (χ2n) is 14.5. The van der Waals surface area contributed by atoms with Crippen LogP contribution in [-0.4, -0.2) is 67.6 Å². The van der Waals surface area contributed by atoms with Crippen LogP contribution in [0.3, 0.4) is 0 Å². The molecule has 0 bridgehead atoms. The highest BCUT2D eigenvalue weighted by molar-refractivity contribution is 5.88. The summed E-state index contributed by atoms with van der Waals surface area (Å²) in [6.07, 6.45) is -4.26. The molecule has 2 fully saturated rings. The summed E-state index contributed by atoms with van der Waals surface area (Å²) in [7, 11) is 0. The molecule has 0 spiro atoms.